The fourth-order valence-corrected chi connectivity index (χ4v) is 1.65. The zero-order valence-corrected chi connectivity index (χ0v) is 10.6. The lowest BCUT2D eigenvalue weighted by Crippen LogP contribution is -2.04. The number of aryl methyl sites for hydroxylation is 1. The van der Waals surface area contributed by atoms with Gasteiger partial charge in [-0.1, -0.05) is 6.92 Å². The average Bonchev–Trinajstić information content (AvgIpc) is 2.36. The first-order valence-corrected chi connectivity index (χ1v) is 6.08. The molecule has 0 aliphatic rings. The third kappa shape index (κ3) is 2.97. The van der Waals surface area contributed by atoms with E-state index in [0.29, 0.717) is 5.82 Å². The fraction of sp³-hybridized carbons (Fsp3) is 0.286. The minimum absolute atomic E-state index is 0.246. The van der Waals surface area contributed by atoms with Crippen LogP contribution in [0.4, 0.5) is 5.82 Å². The number of phenols is 1. The van der Waals surface area contributed by atoms with Crippen molar-refractivity contribution < 1.29 is 5.11 Å². The van der Waals surface area contributed by atoms with Crippen LogP contribution < -0.4 is 5.32 Å². The molecule has 2 aromatic rings. The molecule has 1 aromatic heterocycles. The van der Waals surface area contributed by atoms with Crippen molar-refractivity contribution in [3.63, 3.8) is 0 Å². The Kier molecular flexibility index (Phi) is 3.77. The summed E-state index contributed by atoms with van der Waals surface area (Å²) in [5.41, 5.74) is 1.82. The van der Waals surface area contributed by atoms with Crippen molar-refractivity contribution in [1.29, 1.82) is 0 Å². The van der Waals surface area contributed by atoms with Crippen molar-refractivity contribution in [2.45, 2.75) is 20.3 Å². The third-order valence-electron chi connectivity index (χ3n) is 2.54. The zero-order chi connectivity index (χ0) is 13.0. The molecule has 1 aromatic carbocycles. The topological polar surface area (TPSA) is 58.0 Å². The summed E-state index contributed by atoms with van der Waals surface area (Å²) in [6.45, 7) is 4.95. The van der Waals surface area contributed by atoms with Gasteiger partial charge in [0, 0.05) is 23.9 Å². The highest BCUT2D eigenvalue weighted by Gasteiger charge is 2.04. The second-order valence-electron chi connectivity index (χ2n) is 4.19. The first kappa shape index (κ1) is 12.4. The number of rotatable bonds is 4. The van der Waals surface area contributed by atoms with Gasteiger partial charge in [-0.05, 0) is 37.6 Å². The maximum Gasteiger partial charge on any atom is 0.161 e. The normalized spacial score (nSPS) is 10.3. The van der Waals surface area contributed by atoms with Crippen LogP contribution in [0.5, 0.6) is 5.75 Å². The second-order valence-corrected chi connectivity index (χ2v) is 4.19. The lowest BCUT2D eigenvalue weighted by Gasteiger charge is -2.07. The van der Waals surface area contributed by atoms with E-state index >= 15 is 0 Å². The molecule has 4 heteroatoms. The SMILES string of the molecule is CCCNc1cc(C)nc(-c2ccc(O)cc2)n1. The van der Waals surface area contributed by atoms with Crippen LogP contribution in [0, 0.1) is 6.92 Å². The molecule has 2 rings (SSSR count). The van der Waals surface area contributed by atoms with Crippen LogP contribution in [0.1, 0.15) is 19.0 Å². The summed E-state index contributed by atoms with van der Waals surface area (Å²) in [5, 5.41) is 12.5. The number of anilines is 1. The molecule has 0 radical (unpaired) electrons. The molecule has 0 saturated carbocycles. The third-order valence-corrected chi connectivity index (χ3v) is 2.54. The number of nitrogens with zero attached hydrogens (tertiary/aromatic N) is 2. The molecule has 0 fully saturated rings. The van der Waals surface area contributed by atoms with E-state index in [9.17, 15) is 5.11 Å². The van der Waals surface area contributed by atoms with Crippen LogP contribution in [0.25, 0.3) is 11.4 Å². The van der Waals surface area contributed by atoms with Gasteiger partial charge in [0.2, 0.25) is 0 Å². The molecule has 2 N–H and O–H groups in total. The quantitative estimate of drug-likeness (QED) is 0.866. The largest absolute Gasteiger partial charge is 0.508 e. The monoisotopic (exact) mass is 243 g/mol. The maximum absolute atomic E-state index is 9.28. The number of phenolic OH excluding ortho intramolecular Hbond substituents is 1. The van der Waals surface area contributed by atoms with Crippen LogP contribution in [0.2, 0.25) is 0 Å². The molecule has 0 aliphatic carbocycles. The second kappa shape index (κ2) is 5.49. The summed E-state index contributed by atoms with van der Waals surface area (Å²) in [4.78, 5) is 8.88. The molecule has 94 valence electrons. The van der Waals surface area contributed by atoms with E-state index in [0.717, 1.165) is 30.0 Å². The van der Waals surface area contributed by atoms with Gasteiger partial charge < -0.3 is 10.4 Å². The maximum atomic E-state index is 9.28. The predicted molar refractivity (Wildman–Crippen MR) is 72.7 cm³/mol. The van der Waals surface area contributed by atoms with Gasteiger partial charge in [-0.25, -0.2) is 9.97 Å². The molecular formula is C14H17N3O. The molecule has 0 saturated heterocycles. The van der Waals surface area contributed by atoms with Crippen molar-refractivity contribution in [3.05, 3.63) is 36.0 Å². The van der Waals surface area contributed by atoms with Crippen LogP contribution in [-0.2, 0) is 0 Å². The lowest BCUT2D eigenvalue weighted by atomic mass is 10.2. The Morgan fingerprint density at radius 2 is 1.89 bits per heavy atom. The van der Waals surface area contributed by atoms with E-state index < -0.39 is 0 Å². The molecule has 18 heavy (non-hydrogen) atoms. The molecule has 0 amide bonds. The lowest BCUT2D eigenvalue weighted by molar-refractivity contribution is 0.475. The Bertz CT molecular complexity index is 523. The number of nitrogens with one attached hydrogen (secondary N) is 1. The number of aromatic nitrogens is 2. The van der Waals surface area contributed by atoms with E-state index in [1.807, 2.05) is 25.1 Å². The Labute approximate surface area is 107 Å². The van der Waals surface area contributed by atoms with Gasteiger partial charge in [-0.2, -0.15) is 0 Å². The number of benzene rings is 1. The molecule has 0 spiro atoms. The van der Waals surface area contributed by atoms with E-state index in [1.165, 1.54) is 0 Å². The van der Waals surface area contributed by atoms with E-state index in [2.05, 4.69) is 22.2 Å². The molecule has 4 nitrogen and oxygen atoms in total. The number of hydrogen-bond donors (Lipinski definition) is 2. The highest BCUT2D eigenvalue weighted by Crippen LogP contribution is 2.20. The zero-order valence-electron chi connectivity index (χ0n) is 10.6. The summed E-state index contributed by atoms with van der Waals surface area (Å²) >= 11 is 0. The first-order chi connectivity index (χ1) is 8.69. The Balaban J connectivity index is 2.32. The van der Waals surface area contributed by atoms with Gasteiger partial charge in [0.05, 0.1) is 0 Å². The Morgan fingerprint density at radius 1 is 1.17 bits per heavy atom. The number of aromatic hydroxyl groups is 1. The van der Waals surface area contributed by atoms with Gasteiger partial charge in [-0.3, -0.25) is 0 Å². The van der Waals surface area contributed by atoms with E-state index in [4.69, 9.17) is 0 Å². The first-order valence-electron chi connectivity index (χ1n) is 6.08. The van der Waals surface area contributed by atoms with Gasteiger partial charge in [0.25, 0.3) is 0 Å². The van der Waals surface area contributed by atoms with Crippen molar-refractivity contribution >= 4 is 5.82 Å². The van der Waals surface area contributed by atoms with Crippen molar-refractivity contribution in [2.75, 3.05) is 11.9 Å². The summed E-state index contributed by atoms with van der Waals surface area (Å²) in [7, 11) is 0. The summed E-state index contributed by atoms with van der Waals surface area (Å²) in [6, 6.07) is 8.83. The highest BCUT2D eigenvalue weighted by molar-refractivity contribution is 5.58. The minimum atomic E-state index is 0.246. The standard InChI is InChI=1S/C14H17N3O/c1-3-8-15-13-9-10(2)16-14(17-13)11-4-6-12(18)7-5-11/h4-7,9,18H,3,8H2,1-2H3,(H,15,16,17). The Morgan fingerprint density at radius 3 is 2.56 bits per heavy atom. The van der Waals surface area contributed by atoms with Crippen LogP contribution >= 0.6 is 0 Å². The van der Waals surface area contributed by atoms with Crippen molar-refractivity contribution in [3.8, 4) is 17.1 Å². The highest BCUT2D eigenvalue weighted by atomic mass is 16.3. The van der Waals surface area contributed by atoms with Gasteiger partial charge in [-0.15, -0.1) is 0 Å². The molecular weight excluding hydrogens is 226 g/mol. The van der Waals surface area contributed by atoms with E-state index in [-0.39, 0.29) is 5.75 Å². The smallest absolute Gasteiger partial charge is 0.161 e. The minimum Gasteiger partial charge on any atom is -0.508 e. The molecule has 0 atom stereocenters. The fourth-order valence-electron chi connectivity index (χ4n) is 1.65. The van der Waals surface area contributed by atoms with Gasteiger partial charge >= 0.3 is 0 Å². The number of hydrogen-bond acceptors (Lipinski definition) is 4. The van der Waals surface area contributed by atoms with Gasteiger partial charge in [0.1, 0.15) is 11.6 Å². The van der Waals surface area contributed by atoms with Crippen LogP contribution in [0.3, 0.4) is 0 Å². The Hall–Kier alpha value is -2.10. The van der Waals surface area contributed by atoms with Crippen LogP contribution in [0.15, 0.2) is 30.3 Å². The van der Waals surface area contributed by atoms with Crippen LogP contribution in [-0.4, -0.2) is 21.6 Å². The van der Waals surface area contributed by atoms with Crippen molar-refractivity contribution in [1.82, 2.24) is 9.97 Å². The summed E-state index contributed by atoms with van der Waals surface area (Å²) in [6.07, 6.45) is 1.05. The molecule has 0 aliphatic heterocycles. The molecule has 0 unspecified atom stereocenters. The summed E-state index contributed by atoms with van der Waals surface area (Å²) < 4.78 is 0. The predicted octanol–water partition coefficient (Wildman–Crippen LogP) is 2.98. The molecule has 0 bridgehead atoms. The summed E-state index contributed by atoms with van der Waals surface area (Å²) in [5.74, 6) is 1.76. The molecule has 1 heterocycles. The van der Waals surface area contributed by atoms with E-state index in [1.54, 1.807) is 12.1 Å². The van der Waals surface area contributed by atoms with Gasteiger partial charge in [0.15, 0.2) is 5.82 Å². The average molecular weight is 243 g/mol. The van der Waals surface area contributed by atoms with Crippen molar-refractivity contribution in [2.24, 2.45) is 0 Å².